The van der Waals surface area contributed by atoms with Crippen molar-refractivity contribution in [2.24, 2.45) is 0 Å². The van der Waals surface area contributed by atoms with Gasteiger partial charge in [-0.3, -0.25) is 4.79 Å². The number of nitrogens with zero attached hydrogens (tertiary/aromatic N) is 2. The minimum absolute atomic E-state index is 0. The standard InChI is InChI=1S/C15H13FN3O5S.Na/c1-23-12-3-2-9(16)6-13(12)25(21,22)19-10-7-11-14(20)17-4-5-24-15(11)18-8-10;/h2-3,6-8H,4-5H2,1H3,(H,17,20);/q-1;+1. The number of sulfonamides is 1. The van der Waals surface area contributed by atoms with E-state index in [4.69, 9.17) is 9.47 Å². The van der Waals surface area contributed by atoms with Crippen LogP contribution in [0, 0.1) is 5.82 Å². The molecule has 11 heteroatoms. The van der Waals surface area contributed by atoms with E-state index in [9.17, 15) is 17.6 Å². The van der Waals surface area contributed by atoms with Gasteiger partial charge in [0.05, 0.1) is 18.6 Å². The van der Waals surface area contributed by atoms with Gasteiger partial charge in [0.2, 0.25) is 5.88 Å². The van der Waals surface area contributed by atoms with E-state index in [1.54, 1.807) is 0 Å². The molecular formula is C15H13FN3NaO5S. The summed E-state index contributed by atoms with van der Waals surface area (Å²) in [6, 6.07) is 4.31. The molecule has 0 fully saturated rings. The Kier molecular flexibility index (Phi) is 6.45. The molecule has 1 aromatic heterocycles. The number of fused-ring (bicyclic) bond motifs is 1. The van der Waals surface area contributed by atoms with Gasteiger partial charge in [-0.05, 0) is 18.2 Å². The predicted molar refractivity (Wildman–Crippen MR) is 85.2 cm³/mol. The topological polar surface area (TPSA) is 109 Å². The van der Waals surface area contributed by atoms with E-state index in [1.165, 1.54) is 19.2 Å². The zero-order valence-corrected chi connectivity index (χ0v) is 16.8. The Bertz CT molecular complexity index is 939. The summed E-state index contributed by atoms with van der Waals surface area (Å²) in [5.41, 5.74) is -0.0223. The maximum atomic E-state index is 13.4. The molecule has 0 saturated carbocycles. The van der Waals surface area contributed by atoms with Crippen LogP contribution in [0.15, 0.2) is 35.4 Å². The number of methoxy groups -OCH3 is 1. The van der Waals surface area contributed by atoms with Gasteiger partial charge in [-0.15, -0.1) is 5.69 Å². The zero-order valence-electron chi connectivity index (χ0n) is 14.0. The summed E-state index contributed by atoms with van der Waals surface area (Å²) in [4.78, 5) is 15.4. The minimum atomic E-state index is -4.28. The van der Waals surface area contributed by atoms with Gasteiger partial charge in [0.25, 0.3) is 5.91 Å². The molecule has 0 saturated heterocycles. The van der Waals surface area contributed by atoms with Gasteiger partial charge in [-0.1, -0.05) is 6.07 Å². The van der Waals surface area contributed by atoms with E-state index in [2.05, 4.69) is 15.0 Å². The van der Waals surface area contributed by atoms with Gasteiger partial charge < -0.3 is 19.5 Å². The molecule has 1 aromatic carbocycles. The maximum absolute atomic E-state index is 13.4. The first-order valence-corrected chi connectivity index (χ1v) is 8.57. The Morgan fingerprint density at radius 2 is 2.12 bits per heavy atom. The average Bonchev–Trinajstić information content (AvgIpc) is 2.76. The molecule has 1 amide bonds. The number of hydrogen-bond donors (Lipinski definition) is 1. The molecule has 2 heterocycles. The van der Waals surface area contributed by atoms with Gasteiger partial charge >= 0.3 is 29.6 Å². The van der Waals surface area contributed by atoms with E-state index < -0.39 is 26.6 Å². The molecule has 1 aliphatic heterocycles. The third-order valence-corrected chi connectivity index (χ3v) is 4.66. The van der Waals surface area contributed by atoms with Crippen LogP contribution in [0.25, 0.3) is 4.72 Å². The smallest absolute Gasteiger partial charge is 0.571 e. The van der Waals surface area contributed by atoms with Gasteiger partial charge in [-0.2, -0.15) is 0 Å². The molecular weight excluding hydrogens is 376 g/mol. The van der Waals surface area contributed by atoms with Crippen molar-refractivity contribution in [2.45, 2.75) is 4.90 Å². The van der Waals surface area contributed by atoms with Crippen LogP contribution >= 0.6 is 0 Å². The van der Waals surface area contributed by atoms with E-state index in [1.807, 2.05) is 0 Å². The quantitative estimate of drug-likeness (QED) is 0.655. The van der Waals surface area contributed by atoms with Gasteiger partial charge in [0.1, 0.15) is 33.8 Å². The number of carbonyl (C=O) groups excluding carboxylic acids is 1. The summed E-state index contributed by atoms with van der Waals surface area (Å²) >= 11 is 0. The van der Waals surface area contributed by atoms with Crippen LogP contribution in [0.2, 0.25) is 0 Å². The molecule has 0 aliphatic carbocycles. The summed E-state index contributed by atoms with van der Waals surface area (Å²) in [6.45, 7) is 0.557. The number of aromatic nitrogens is 1. The first kappa shape index (κ1) is 20.4. The molecule has 26 heavy (non-hydrogen) atoms. The molecule has 0 atom stereocenters. The number of hydrogen-bond acceptors (Lipinski definition) is 6. The van der Waals surface area contributed by atoms with Crippen molar-refractivity contribution in [1.82, 2.24) is 10.3 Å². The number of benzene rings is 1. The summed E-state index contributed by atoms with van der Waals surface area (Å²) in [7, 11) is -3.02. The molecule has 2 aromatic rings. The van der Waals surface area contributed by atoms with Crippen LogP contribution in [-0.2, 0) is 10.0 Å². The second kappa shape index (κ2) is 8.21. The van der Waals surface area contributed by atoms with E-state index >= 15 is 0 Å². The molecule has 3 rings (SSSR count). The van der Waals surface area contributed by atoms with Crippen LogP contribution in [-0.4, -0.2) is 39.6 Å². The number of nitrogens with one attached hydrogen (secondary N) is 1. The van der Waals surface area contributed by atoms with Crippen molar-refractivity contribution < 1.29 is 56.6 Å². The summed E-state index contributed by atoms with van der Waals surface area (Å²) in [5.74, 6) is -1.15. The average molecular weight is 389 g/mol. The van der Waals surface area contributed by atoms with Crippen molar-refractivity contribution in [3.63, 3.8) is 0 Å². The van der Waals surface area contributed by atoms with Gasteiger partial charge in [-0.25, -0.2) is 17.8 Å². The normalized spacial score (nSPS) is 13.4. The van der Waals surface area contributed by atoms with Crippen molar-refractivity contribution in [2.75, 3.05) is 20.3 Å². The van der Waals surface area contributed by atoms with Gasteiger partial charge in [0.15, 0.2) is 0 Å². The largest absolute Gasteiger partial charge is 1.00 e. The Morgan fingerprint density at radius 1 is 1.35 bits per heavy atom. The number of halogens is 1. The van der Waals surface area contributed by atoms with Crippen LogP contribution in [0.3, 0.4) is 0 Å². The number of pyridine rings is 1. The Labute approximate surface area is 171 Å². The summed E-state index contributed by atoms with van der Waals surface area (Å²) < 4.78 is 52.2. The van der Waals surface area contributed by atoms with Crippen LogP contribution in [0.4, 0.5) is 10.1 Å². The second-order valence-corrected chi connectivity index (χ2v) is 6.58. The number of amides is 1. The zero-order chi connectivity index (χ0) is 18.0. The third-order valence-electron chi connectivity index (χ3n) is 3.34. The van der Waals surface area contributed by atoms with Crippen LogP contribution in [0.5, 0.6) is 11.6 Å². The Balaban J connectivity index is 0.00000243. The fourth-order valence-corrected chi connectivity index (χ4v) is 3.36. The molecule has 8 nitrogen and oxygen atoms in total. The number of rotatable bonds is 4. The molecule has 0 spiro atoms. The SMILES string of the molecule is COc1ccc(F)cc1S(=O)(=O)[N-]c1cnc2c(c1)C(=O)NCCO2.[Na+]. The molecule has 0 unspecified atom stereocenters. The van der Waals surface area contributed by atoms with E-state index in [0.717, 1.165) is 18.3 Å². The van der Waals surface area contributed by atoms with Gasteiger partial charge in [0, 0.05) is 6.20 Å². The van der Waals surface area contributed by atoms with Crippen LogP contribution in [0.1, 0.15) is 10.4 Å². The summed E-state index contributed by atoms with van der Waals surface area (Å²) in [5, 5.41) is 2.58. The Morgan fingerprint density at radius 3 is 2.85 bits per heavy atom. The van der Waals surface area contributed by atoms with E-state index in [-0.39, 0.29) is 59.0 Å². The summed E-state index contributed by atoms with van der Waals surface area (Å²) in [6.07, 6.45) is 1.15. The molecule has 1 N–H and O–H groups in total. The predicted octanol–water partition coefficient (Wildman–Crippen LogP) is -1.25. The van der Waals surface area contributed by atoms with Crippen molar-refractivity contribution in [1.29, 1.82) is 0 Å². The fourth-order valence-electron chi connectivity index (χ4n) is 2.22. The number of carbonyl (C=O) groups is 1. The molecule has 0 bridgehead atoms. The first-order chi connectivity index (χ1) is 11.9. The van der Waals surface area contributed by atoms with Crippen molar-refractivity contribution >= 4 is 21.6 Å². The molecule has 132 valence electrons. The van der Waals surface area contributed by atoms with Crippen molar-refractivity contribution in [3.05, 3.63) is 46.6 Å². The Hall–Kier alpha value is -1.88. The molecule has 0 radical (unpaired) electrons. The van der Waals surface area contributed by atoms with Crippen LogP contribution < -0.4 is 44.3 Å². The second-order valence-electron chi connectivity index (χ2n) is 5.01. The van der Waals surface area contributed by atoms with Crippen molar-refractivity contribution in [3.8, 4) is 11.6 Å². The van der Waals surface area contributed by atoms with E-state index in [0.29, 0.717) is 6.54 Å². The monoisotopic (exact) mass is 389 g/mol. The number of ether oxygens (including phenoxy) is 2. The molecule has 1 aliphatic rings. The first-order valence-electron chi connectivity index (χ1n) is 7.13. The fraction of sp³-hybridized carbons (Fsp3) is 0.200. The third kappa shape index (κ3) is 4.26. The minimum Gasteiger partial charge on any atom is -0.571 e. The maximum Gasteiger partial charge on any atom is 1.00 e.